The predicted molar refractivity (Wildman–Crippen MR) is 135 cm³/mol. The third kappa shape index (κ3) is 4.68. The summed E-state index contributed by atoms with van der Waals surface area (Å²) in [7, 11) is 0. The van der Waals surface area contributed by atoms with Crippen molar-refractivity contribution in [3.63, 3.8) is 0 Å². The molecule has 4 aromatic rings. The summed E-state index contributed by atoms with van der Waals surface area (Å²) < 4.78 is 3.07. The van der Waals surface area contributed by atoms with E-state index in [4.69, 9.17) is 0 Å². The van der Waals surface area contributed by atoms with Gasteiger partial charge in [-0.25, -0.2) is 4.79 Å². The average Bonchev–Trinajstić information content (AvgIpc) is 3.27. The summed E-state index contributed by atoms with van der Waals surface area (Å²) in [5, 5.41) is 4.65. The number of fused-ring (bicyclic) bond motifs is 1. The summed E-state index contributed by atoms with van der Waals surface area (Å²) in [6.45, 7) is 8.18. The van der Waals surface area contributed by atoms with E-state index in [1.165, 1.54) is 20.5 Å². The maximum atomic E-state index is 13.3. The standard InChI is InChI=1S/C26H27N3O3S/c1-16(2)20-6-5-7-21(13-20)27-23(30)15-28-22-10-11-33-24(22)25(31)29(26(28)32)14-19-9-8-17(3)18(4)12-19/h5-13,16H,14-15H2,1-4H3,(H,27,30). The Labute approximate surface area is 196 Å². The lowest BCUT2D eigenvalue weighted by molar-refractivity contribution is -0.116. The van der Waals surface area contributed by atoms with E-state index in [0.717, 1.165) is 22.3 Å². The van der Waals surface area contributed by atoms with Crippen LogP contribution in [0.15, 0.2) is 63.5 Å². The van der Waals surface area contributed by atoms with Gasteiger partial charge in [0, 0.05) is 5.69 Å². The van der Waals surface area contributed by atoms with Crippen molar-refractivity contribution in [1.29, 1.82) is 0 Å². The van der Waals surface area contributed by atoms with E-state index < -0.39 is 5.69 Å². The van der Waals surface area contributed by atoms with Crippen molar-refractivity contribution < 1.29 is 4.79 Å². The molecule has 2 aromatic heterocycles. The Morgan fingerprint density at radius 2 is 1.79 bits per heavy atom. The molecule has 4 rings (SSSR count). The lowest BCUT2D eigenvalue weighted by atomic mass is 10.0. The fourth-order valence-electron chi connectivity index (χ4n) is 3.83. The van der Waals surface area contributed by atoms with Gasteiger partial charge in [0.25, 0.3) is 5.56 Å². The molecule has 0 aliphatic heterocycles. The highest BCUT2D eigenvalue weighted by Gasteiger charge is 2.17. The molecule has 0 fully saturated rings. The third-order valence-electron chi connectivity index (χ3n) is 5.89. The molecular formula is C26H27N3O3S. The molecule has 1 N–H and O–H groups in total. The van der Waals surface area contributed by atoms with E-state index in [0.29, 0.717) is 21.8 Å². The van der Waals surface area contributed by atoms with Gasteiger partial charge in [-0.15, -0.1) is 11.3 Å². The first-order valence-electron chi connectivity index (χ1n) is 10.9. The first kappa shape index (κ1) is 22.7. The largest absolute Gasteiger partial charge is 0.332 e. The van der Waals surface area contributed by atoms with Crippen LogP contribution in [-0.4, -0.2) is 15.0 Å². The van der Waals surface area contributed by atoms with Crippen molar-refractivity contribution in [1.82, 2.24) is 9.13 Å². The van der Waals surface area contributed by atoms with Gasteiger partial charge in [0.05, 0.1) is 12.1 Å². The molecule has 0 aliphatic carbocycles. The van der Waals surface area contributed by atoms with Crippen molar-refractivity contribution in [2.45, 2.75) is 46.7 Å². The van der Waals surface area contributed by atoms with Crippen LogP contribution in [0.1, 0.15) is 42.0 Å². The molecule has 0 unspecified atom stereocenters. The molecular weight excluding hydrogens is 434 g/mol. The van der Waals surface area contributed by atoms with Gasteiger partial charge >= 0.3 is 5.69 Å². The second-order valence-electron chi connectivity index (χ2n) is 8.64. The first-order chi connectivity index (χ1) is 15.7. The number of benzene rings is 2. The van der Waals surface area contributed by atoms with Gasteiger partial charge in [-0.05, 0) is 65.6 Å². The average molecular weight is 462 g/mol. The molecule has 1 amide bonds. The number of aromatic nitrogens is 2. The van der Waals surface area contributed by atoms with Crippen LogP contribution in [0.25, 0.3) is 10.2 Å². The summed E-state index contributed by atoms with van der Waals surface area (Å²) in [6, 6.07) is 15.3. The minimum atomic E-state index is -0.491. The minimum Gasteiger partial charge on any atom is -0.325 e. The molecule has 170 valence electrons. The summed E-state index contributed by atoms with van der Waals surface area (Å²) >= 11 is 1.28. The number of nitrogens with one attached hydrogen (secondary N) is 1. The van der Waals surface area contributed by atoms with E-state index in [-0.39, 0.29) is 24.6 Å². The van der Waals surface area contributed by atoms with Gasteiger partial charge in [0.1, 0.15) is 11.2 Å². The number of nitrogens with zero attached hydrogens (tertiary/aromatic N) is 2. The highest BCUT2D eigenvalue weighted by atomic mass is 32.1. The summed E-state index contributed by atoms with van der Waals surface area (Å²) in [5.74, 6) is 0.0192. The van der Waals surface area contributed by atoms with Crippen LogP contribution in [-0.2, 0) is 17.9 Å². The number of carbonyl (C=O) groups excluding carboxylic acids is 1. The van der Waals surface area contributed by atoms with Crippen molar-refractivity contribution in [3.8, 4) is 0 Å². The minimum absolute atomic E-state index is 0.157. The van der Waals surface area contributed by atoms with Crippen LogP contribution in [0.5, 0.6) is 0 Å². The number of carbonyl (C=O) groups is 1. The first-order valence-corrected chi connectivity index (χ1v) is 11.8. The Hall–Kier alpha value is -3.45. The van der Waals surface area contributed by atoms with Gasteiger partial charge in [0.2, 0.25) is 5.91 Å². The molecule has 0 bridgehead atoms. The van der Waals surface area contributed by atoms with E-state index in [9.17, 15) is 14.4 Å². The molecule has 0 saturated heterocycles. The molecule has 0 saturated carbocycles. The van der Waals surface area contributed by atoms with Gasteiger partial charge in [-0.1, -0.05) is 44.2 Å². The van der Waals surface area contributed by atoms with E-state index in [2.05, 4.69) is 19.2 Å². The second-order valence-corrected chi connectivity index (χ2v) is 9.56. The number of anilines is 1. The maximum Gasteiger partial charge on any atom is 0.332 e. The zero-order valence-electron chi connectivity index (χ0n) is 19.2. The van der Waals surface area contributed by atoms with Crippen LogP contribution >= 0.6 is 11.3 Å². The number of aryl methyl sites for hydroxylation is 2. The zero-order valence-corrected chi connectivity index (χ0v) is 20.0. The lowest BCUT2D eigenvalue weighted by Gasteiger charge is -2.14. The smallest absolute Gasteiger partial charge is 0.325 e. The predicted octanol–water partition coefficient (Wildman–Crippen LogP) is 4.65. The van der Waals surface area contributed by atoms with Crippen molar-refractivity contribution >= 4 is 33.1 Å². The molecule has 2 heterocycles. The second kappa shape index (κ2) is 9.19. The van der Waals surface area contributed by atoms with Gasteiger partial charge < -0.3 is 5.32 Å². The van der Waals surface area contributed by atoms with Crippen LogP contribution in [0.2, 0.25) is 0 Å². The Morgan fingerprint density at radius 3 is 2.52 bits per heavy atom. The molecule has 33 heavy (non-hydrogen) atoms. The number of rotatable bonds is 6. The highest BCUT2D eigenvalue weighted by Crippen LogP contribution is 2.19. The Kier molecular flexibility index (Phi) is 6.33. The molecule has 0 radical (unpaired) electrons. The van der Waals surface area contributed by atoms with Crippen LogP contribution in [0, 0.1) is 13.8 Å². The van der Waals surface area contributed by atoms with Gasteiger partial charge in [-0.2, -0.15) is 0 Å². The van der Waals surface area contributed by atoms with Crippen LogP contribution < -0.4 is 16.6 Å². The topological polar surface area (TPSA) is 73.1 Å². The fraction of sp³-hybridized carbons (Fsp3) is 0.269. The van der Waals surface area contributed by atoms with E-state index in [1.807, 2.05) is 56.3 Å². The molecule has 0 aliphatic rings. The summed E-state index contributed by atoms with van der Waals surface area (Å²) in [5.41, 5.74) is 4.58. The number of amides is 1. The van der Waals surface area contributed by atoms with Crippen molar-refractivity contribution in [3.05, 3.63) is 97.0 Å². The third-order valence-corrected chi connectivity index (χ3v) is 6.78. The monoisotopic (exact) mass is 461 g/mol. The highest BCUT2D eigenvalue weighted by molar-refractivity contribution is 7.17. The van der Waals surface area contributed by atoms with E-state index >= 15 is 0 Å². The summed E-state index contributed by atoms with van der Waals surface area (Å²) in [4.78, 5) is 39.3. The van der Waals surface area contributed by atoms with Crippen LogP contribution in [0.4, 0.5) is 5.69 Å². The Balaban J connectivity index is 1.69. The number of thiophene rings is 1. The quantitative estimate of drug-likeness (QED) is 0.454. The molecule has 7 heteroatoms. The van der Waals surface area contributed by atoms with Crippen LogP contribution in [0.3, 0.4) is 0 Å². The molecule has 0 atom stereocenters. The normalized spacial score (nSPS) is 11.3. The molecule has 0 spiro atoms. The molecule has 2 aromatic carbocycles. The fourth-order valence-corrected chi connectivity index (χ4v) is 4.67. The van der Waals surface area contributed by atoms with Crippen molar-refractivity contribution in [2.24, 2.45) is 0 Å². The Morgan fingerprint density at radius 1 is 1.00 bits per heavy atom. The number of hydrogen-bond donors (Lipinski definition) is 1. The maximum absolute atomic E-state index is 13.3. The zero-order chi connectivity index (χ0) is 23.7. The Bertz CT molecular complexity index is 1460. The summed E-state index contributed by atoms with van der Waals surface area (Å²) in [6.07, 6.45) is 0. The number of hydrogen-bond acceptors (Lipinski definition) is 4. The SMILES string of the molecule is Cc1ccc(Cn2c(=O)c3sccc3n(CC(=O)Nc3cccc(C(C)C)c3)c2=O)cc1C. The molecule has 6 nitrogen and oxygen atoms in total. The van der Waals surface area contributed by atoms with Gasteiger partial charge in [-0.3, -0.25) is 18.7 Å². The van der Waals surface area contributed by atoms with Gasteiger partial charge in [0.15, 0.2) is 0 Å². The van der Waals surface area contributed by atoms with E-state index in [1.54, 1.807) is 11.4 Å². The lowest BCUT2D eigenvalue weighted by Crippen LogP contribution is -2.41. The van der Waals surface area contributed by atoms with Crippen molar-refractivity contribution in [2.75, 3.05) is 5.32 Å².